The Morgan fingerprint density at radius 1 is 0.983 bits per heavy atom. The van der Waals surface area contributed by atoms with Gasteiger partial charge >= 0.3 is 6.09 Å². The Morgan fingerprint density at radius 2 is 1.73 bits per heavy atom. The molecule has 0 radical (unpaired) electrons. The first-order chi connectivity index (χ1) is 28.2. The molecule has 0 unspecified atom stereocenters. The van der Waals surface area contributed by atoms with Crippen LogP contribution < -0.4 is 15.4 Å². The minimum atomic E-state index is -0.699. The highest BCUT2D eigenvalue weighted by atomic mass is 35.5. The molecule has 2 aliphatic rings. The number of fused-ring (bicyclic) bond motifs is 1. The average Bonchev–Trinajstić information content (AvgIpc) is 3.77. The number of rotatable bonds is 11. The van der Waals surface area contributed by atoms with Crippen LogP contribution in [0.25, 0.3) is 44.5 Å². The van der Waals surface area contributed by atoms with Crippen molar-refractivity contribution in [3.05, 3.63) is 88.2 Å². The van der Waals surface area contributed by atoms with Crippen LogP contribution in [0.5, 0.6) is 5.88 Å². The van der Waals surface area contributed by atoms with Crippen molar-refractivity contribution in [1.82, 2.24) is 35.0 Å². The number of piperidine rings is 1. The third-order valence-corrected chi connectivity index (χ3v) is 11.8. The van der Waals surface area contributed by atoms with Gasteiger partial charge in [-0.1, -0.05) is 53.5 Å². The van der Waals surface area contributed by atoms with E-state index in [1.54, 1.807) is 18.0 Å². The number of halogens is 2. The van der Waals surface area contributed by atoms with E-state index < -0.39 is 11.7 Å². The summed E-state index contributed by atoms with van der Waals surface area (Å²) in [4.78, 5) is 50.1. The number of likely N-dealkylation sites (tertiary alicyclic amines) is 1. The van der Waals surface area contributed by atoms with E-state index in [9.17, 15) is 14.4 Å². The smallest absolute Gasteiger partial charge is 0.410 e. The molecule has 7 rings (SSSR count). The Labute approximate surface area is 355 Å². The zero-order chi connectivity index (χ0) is 42.0. The molecule has 1 atom stereocenters. The van der Waals surface area contributed by atoms with Crippen molar-refractivity contribution in [2.75, 3.05) is 26.7 Å². The standard InChI is InChI=1S/C45H51Cl2N7O5/c1-27(55)53-20-17-31(18-21-53)49-23-30-24-52(5)38-22-28(10-13-33(30)38)42-41(47)35(16-19-48-42)34-8-7-9-36(40(34)46)37-14-11-29(43(51-37)58-6)25-54(44(57)59-45(2,3)4)26-32-12-15-39(56)50-32/h7-11,13-14,16,19,22,24,31-32,49H,12,15,17-18,20-21,23,25-26H2,1-6H3,(H,50,56)/t32-/m0/s1. The fraction of sp³-hybridized carbons (Fsp3) is 0.400. The van der Waals surface area contributed by atoms with Crippen LogP contribution in [0.2, 0.25) is 10.0 Å². The number of hydrogen-bond donors (Lipinski definition) is 2. The molecular weight excluding hydrogens is 789 g/mol. The van der Waals surface area contributed by atoms with Gasteiger partial charge in [0.25, 0.3) is 0 Å². The number of methoxy groups -OCH3 is 1. The van der Waals surface area contributed by atoms with Gasteiger partial charge in [-0.2, -0.15) is 0 Å². The fourth-order valence-corrected chi connectivity index (χ4v) is 8.58. The normalized spacial score (nSPS) is 16.0. The summed E-state index contributed by atoms with van der Waals surface area (Å²) in [5, 5.41) is 8.74. The SMILES string of the molecule is COc1nc(-c2cccc(-c3ccnc(-c4ccc5c(CNC6CCN(C(C)=O)CC6)cn(C)c5c4)c3Cl)c2Cl)ccc1CN(C[C@@H]1CCC(=O)N1)C(=O)OC(C)(C)C. The van der Waals surface area contributed by atoms with Crippen molar-refractivity contribution in [3.8, 4) is 39.5 Å². The number of carbonyl (C=O) groups is 3. The summed E-state index contributed by atoms with van der Waals surface area (Å²) in [5.74, 6) is 0.447. The molecule has 0 spiro atoms. The zero-order valence-electron chi connectivity index (χ0n) is 34.4. The maximum Gasteiger partial charge on any atom is 0.410 e. The van der Waals surface area contributed by atoms with Crippen molar-refractivity contribution in [2.45, 2.75) is 84.2 Å². The number of ether oxygens (including phenoxy) is 2. The Balaban J connectivity index is 1.12. The minimum Gasteiger partial charge on any atom is -0.481 e. The van der Waals surface area contributed by atoms with Gasteiger partial charge in [0, 0.05) is 110 Å². The van der Waals surface area contributed by atoms with Crippen LogP contribution >= 0.6 is 23.2 Å². The Bertz CT molecular complexity index is 2380. The zero-order valence-corrected chi connectivity index (χ0v) is 35.9. The van der Waals surface area contributed by atoms with E-state index in [4.69, 9.17) is 42.6 Å². The fourth-order valence-electron chi connectivity index (χ4n) is 7.93. The molecule has 2 aliphatic heterocycles. The predicted octanol–water partition coefficient (Wildman–Crippen LogP) is 8.40. The molecule has 59 heavy (non-hydrogen) atoms. The van der Waals surface area contributed by atoms with Crippen molar-refractivity contribution < 1.29 is 23.9 Å². The lowest BCUT2D eigenvalue weighted by Crippen LogP contribution is -2.43. The monoisotopic (exact) mass is 839 g/mol. The van der Waals surface area contributed by atoms with Crippen molar-refractivity contribution in [3.63, 3.8) is 0 Å². The summed E-state index contributed by atoms with van der Waals surface area (Å²) in [6, 6.07) is 17.8. The van der Waals surface area contributed by atoms with Gasteiger partial charge in [0.15, 0.2) is 0 Å². The molecule has 0 bridgehead atoms. The second-order valence-electron chi connectivity index (χ2n) is 16.4. The maximum absolute atomic E-state index is 13.3. The number of benzene rings is 2. The first-order valence-electron chi connectivity index (χ1n) is 20.0. The summed E-state index contributed by atoms with van der Waals surface area (Å²) in [6.45, 7) is 9.85. The van der Waals surface area contributed by atoms with E-state index in [1.807, 2.05) is 69.1 Å². The van der Waals surface area contributed by atoms with E-state index in [2.05, 4.69) is 39.6 Å². The second-order valence-corrected chi connectivity index (χ2v) is 17.1. The summed E-state index contributed by atoms with van der Waals surface area (Å²) in [5.41, 5.74) is 6.47. The number of pyridine rings is 2. The van der Waals surface area contributed by atoms with E-state index in [0.717, 1.165) is 60.1 Å². The van der Waals surface area contributed by atoms with Crippen LogP contribution in [0.4, 0.5) is 4.79 Å². The highest BCUT2D eigenvalue weighted by molar-refractivity contribution is 6.39. The minimum absolute atomic E-state index is 0.0295. The molecule has 2 fully saturated rings. The molecule has 3 amide bonds. The second kappa shape index (κ2) is 17.6. The summed E-state index contributed by atoms with van der Waals surface area (Å²) in [7, 11) is 3.58. The lowest BCUT2D eigenvalue weighted by molar-refractivity contribution is -0.130. The van der Waals surface area contributed by atoms with Crippen molar-refractivity contribution >= 4 is 52.0 Å². The first kappa shape index (κ1) is 42.0. The van der Waals surface area contributed by atoms with Gasteiger partial charge in [-0.25, -0.2) is 9.78 Å². The van der Waals surface area contributed by atoms with E-state index in [1.165, 1.54) is 12.7 Å². The molecule has 14 heteroatoms. The number of nitrogens with one attached hydrogen (secondary N) is 2. The summed E-state index contributed by atoms with van der Waals surface area (Å²) < 4.78 is 13.6. The molecule has 3 aromatic heterocycles. The van der Waals surface area contributed by atoms with E-state index >= 15 is 0 Å². The summed E-state index contributed by atoms with van der Waals surface area (Å²) >= 11 is 14.4. The Hall–Kier alpha value is -5.17. The molecule has 0 aliphatic carbocycles. The number of aromatic nitrogens is 3. The van der Waals surface area contributed by atoms with Gasteiger partial charge in [-0.05, 0) is 69.9 Å². The third kappa shape index (κ3) is 9.51. The van der Waals surface area contributed by atoms with Crippen LogP contribution in [0.3, 0.4) is 0 Å². The lowest BCUT2D eigenvalue weighted by atomic mass is 9.99. The van der Waals surface area contributed by atoms with Crippen LogP contribution in [0.1, 0.15) is 64.5 Å². The molecule has 2 saturated heterocycles. The van der Waals surface area contributed by atoms with Crippen LogP contribution in [-0.4, -0.2) is 86.7 Å². The molecular formula is C45H51Cl2N7O5. The maximum atomic E-state index is 13.3. The Morgan fingerprint density at radius 3 is 2.42 bits per heavy atom. The largest absolute Gasteiger partial charge is 0.481 e. The summed E-state index contributed by atoms with van der Waals surface area (Å²) in [6.07, 6.45) is 6.36. The molecule has 0 saturated carbocycles. The third-order valence-electron chi connectivity index (χ3n) is 11.0. The van der Waals surface area contributed by atoms with Crippen molar-refractivity contribution in [1.29, 1.82) is 0 Å². The van der Waals surface area contributed by atoms with Crippen LogP contribution in [0.15, 0.2) is 67.0 Å². The first-order valence-corrected chi connectivity index (χ1v) is 20.8. The highest BCUT2D eigenvalue weighted by Crippen LogP contribution is 2.42. The molecule has 5 aromatic rings. The van der Waals surface area contributed by atoms with E-state index in [0.29, 0.717) is 57.3 Å². The highest BCUT2D eigenvalue weighted by Gasteiger charge is 2.30. The Kier molecular flexibility index (Phi) is 12.5. The predicted molar refractivity (Wildman–Crippen MR) is 231 cm³/mol. The molecule has 2 aromatic carbocycles. The van der Waals surface area contributed by atoms with Gasteiger partial charge in [0.1, 0.15) is 5.60 Å². The molecule has 5 heterocycles. The van der Waals surface area contributed by atoms with Gasteiger partial charge in [-0.15, -0.1) is 0 Å². The van der Waals surface area contributed by atoms with Gasteiger partial charge in [-0.3, -0.25) is 14.6 Å². The quantitative estimate of drug-likeness (QED) is 0.136. The number of hydrogen-bond acceptors (Lipinski definition) is 8. The number of amides is 3. The lowest BCUT2D eigenvalue weighted by Gasteiger charge is -2.31. The van der Waals surface area contributed by atoms with Crippen LogP contribution in [0, 0.1) is 0 Å². The van der Waals surface area contributed by atoms with Crippen LogP contribution in [-0.2, 0) is 34.5 Å². The molecule has 2 N–H and O–H groups in total. The molecule has 12 nitrogen and oxygen atoms in total. The van der Waals surface area contributed by atoms with Gasteiger partial charge < -0.3 is 34.5 Å². The van der Waals surface area contributed by atoms with Gasteiger partial charge in [0.05, 0.1) is 35.1 Å². The number of nitrogens with zero attached hydrogens (tertiary/aromatic N) is 5. The van der Waals surface area contributed by atoms with Crippen molar-refractivity contribution in [2.24, 2.45) is 7.05 Å². The number of aryl methyl sites for hydroxylation is 1. The topological polar surface area (TPSA) is 131 Å². The molecule has 310 valence electrons. The van der Waals surface area contributed by atoms with E-state index in [-0.39, 0.29) is 30.9 Å². The number of carbonyl (C=O) groups excluding carboxylic acids is 3. The average molecular weight is 841 g/mol. The van der Waals surface area contributed by atoms with Gasteiger partial charge in [0.2, 0.25) is 17.7 Å².